The molecule has 1 aliphatic heterocycles. The third-order valence-electron chi connectivity index (χ3n) is 2.61. The average Bonchev–Trinajstić information content (AvgIpc) is 2.78. The molecule has 3 N–H and O–H groups in total. The number of aliphatic carboxylic acids is 1. The lowest BCUT2D eigenvalue weighted by molar-refractivity contribution is -0.151. The second-order valence-electron chi connectivity index (χ2n) is 4.02. The number of ether oxygens (including phenoxy) is 1. The van der Waals surface area contributed by atoms with Gasteiger partial charge in [-0.05, 0) is 19.8 Å². The van der Waals surface area contributed by atoms with Crippen molar-refractivity contribution in [3.05, 3.63) is 0 Å². The fourth-order valence-electron chi connectivity index (χ4n) is 1.71. The molecular weight excluding hydrogens is 240 g/mol. The quantitative estimate of drug-likeness (QED) is 0.582. The lowest BCUT2D eigenvalue weighted by Crippen LogP contribution is -2.37. The number of carboxylic acids is 1. The summed E-state index contributed by atoms with van der Waals surface area (Å²) >= 11 is 0. The van der Waals surface area contributed by atoms with E-state index >= 15 is 0 Å². The summed E-state index contributed by atoms with van der Waals surface area (Å²) in [6, 6.07) is 0. The summed E-state index contributed by atoms with van der Waals surface area (Å²) in [5.41, 5.74) is 0. The number of carbonyl (C=O) groups excluding carboxylic acids is 2. The van der Waals surface area contributed by atoms with Crippen LogP contribution in [0.4, 0.5) is 0 Å². The molecule has 1 saturated heterocycles. The lowest BCUT2D eigenvalue weighted by atomic mass is 10.2. The molecule has 7 heteroatoms. The number of hydrogen-bond donors (Lipinski definition) is 3. The first-order valence-corrected chi connectivity index (χ1v) is 5.97. The molecule has 0 bridgehead atoms. The zero-order valence-electron chi connectivity index (χ0n) is 10.3. The van der Waals surface area contributed by atoms with Gasteiger partial charge in [-0.3, -0.25) is 9.59 Å². The van der Waals surface area contributed by atoms with Gasteiger partial charge in [-0.2, -0.15) is 0 Å². The van der Waals surface area contributed by atoms with E-state index in [4.69, 9.17) is 9.84 Å². The summed E-state index contributed by atoms with van der Waals surface area (Å²) in [6.45, 7) is 2.59. The van der Waals surface area contributed by atoms with Crippen LogP contribution in [0.1, 0.15) is 26.2 Å². The Morgan fingerprint density at radius 1 is 1.22 bits per heavy atom. The summed E-state index contributed by atoms with van der Waals surface area (Å²) in [5, 5.41) is 13.9. The molecule has 2 amide bonds. The van der Waals surface area contributed by atoms with E-state index in [0.717, 1.165) is 0 Å². The van der Waals surface area contributed by atoms with Crippen molar-refractivity contribution >= 4 is 17.8 Å². The van der Waals surface area contributed by atoms with Gasteiger partial charge < -0.3 is 20.5 Å². The maximum absolute atomic E-state index is 11.6. The molecule has 7 nitrogen and oxygen atoms in total. The number of hydrogen-bond acceptors (Lipinski definition) is 4. The highest BCUT2D eigenvalue weighted by molar-refractivity contribution is 5.83. The molecule has 1 fully saturated rings. The number of amides is 2. The van der Waals surface area contributed by atoms with Crippen LogP contribution in [0.25, 0.3) is 0 Å². The molecule has 0 aromatic rings. The van der Waals surface area contributed by atoms with Crippen LogP contribution in [0.15, 0.2) is 0 Å². The first kappa shape index (κ1) is 14.4. The van der Waals surface area contributed by atoms with Crippen LogP contribution in [0.3, 0.4) is 0 Å². The minimum Gasteiger partial charge on any atom is -0.479 e. The van der Waals surface area contributed by atoms with Gasteiger partial charge >= 0.3 is 5.97 Å². The Labute approximate surface area is 105 Å². The van der Waals surface area contributed by atoms with Crippen LogP contribution in [0.5, 0.6) is 0 Å². The number of rotatable bonds is 6. The minimum absolute atomic E-state index is 0.131. The maximum atomic E-state index is 11.6. The van der Waals surface area contributed by atoms with E-state index in [-0.39, 0.29) is 24.8 Å². The molecule has 18 heavy (non-hydrogen) atoms. The summed E-state index contributed by atoms with van der Waals surface area (Å²) < 4.78 is 5.08. The fraction of sp³-hybridized carbons (Fsp3) is 0.727. The monoisotopic (exact) mass is 258 g/mol. The van der Waals surface area contributed by atoms with Gasteiger partial charge in [-0.15, -0.1) is 0 Å². The molecule has 0 aliphatic carbocycles. The van der Waals surface area contributed by atoms with Crippen LogP contribution < -0.4 is 10.6 Å². The Kier molecular flexibility index (Phi) is 5.57. The molecule has 2 unspecified atom stereocenters. The molecular formula is C11H18N2O5. The Bertz CT molecular complexity index is 331. The van der Waals surface area contributed by atoms with Crippen molar-refractivity contribution in [2.75, 3.05) is 13.1 Å². The predicted molar refractivity (Wildman–Crippen MR) is 61.8 cm³/mol. The topological polar surface area (TPSA) is 105 Å². The van der Waals surface area contributed by atoms with Gasteiger partial charge in [-0.25, -0.2) is 4.79 Å². The second kappa shape index (κ2) is 6.95. The maximum Gasteiger partial charge on any atom is 0.332 e. The Morgan fingerprint density at radius 2 is 1.89 bits per heavy atom. The highest BCUT2D eigenvalue weighted by Crippen LogP contribution is 2.19. The molecule has 0 saturated carbocycles. The van der Waals surface area contributed by atoms with Gasteiger partial charge in [0, 0.05) is 19.5 Å². The molecule has 0 aromatic heterocycles. The van der Waals surface area contributed by atoms with E-state index in [2.05, 4.69) is 10.6 Å². The fourth-order valence-corrected chi connectivity index (χ4v) is 1.71. The van der Waals surface area contributed by atoms with Crippen molar-refractivity contribution < 1.29 is 24.2 Å². The van der Waals surface area contributed by atoms with E-state index in [0.29, 0.717) is 19.4 Å². The highest BCUT2D eigenvalue weighted by Gasteiger charge is 2.34. The first-order chi connectivity index (χ1) is 8.54. The highest BCUT2D eigenvalue weighted by atomic mass is 16.5. The third kappa shape index (κ3) is 4.33. The molecule has 2 atom stereocenters. The van der Waals surface area contributed by atoms with E-state index in [1.54, 1.807) is 0 Å². The zero-order chi connectivity index (χ0) is 13.5. The molecule has 1 rings (SSSR count). The minimum atomic E-state index is -1.05. The average molecular weight is 258 g/mol. The summed E-state index contributed by atoms with van der Waals surface area (Å²) in [5.74, 6) is -1.54. The molecule has 0 radical (unpaired) electrons. The molecule has 0 spiro atoms. The van der Waals surface area contributed by atoms with Gasteiger partial charge in [-0.1, -0.05) is 0 Å². The van der Waals surface area contributed by atoms with Gasteiger partial charge in [0.15, 0.2) is 6.10 Å². The zero-order valence-corrected chi connectivity index (χ0v) is 10.3. The number of carboxylic acid groups (broad SMARTS) is 1. The van der Waals surface area contributed by atoms with E-state index < -0.39 is 18.2 Å². The second-order valence-corrected chi connectivity index (χ2v) is 4.02. The lowest BCUT2D eigenvalue weighted by Gasteiger charge is -2.11. The number of carbonyl (C=O) groups is 3. The third-order valence-corrected chi connectivity index (χ3v) is 2.61. The SMILES string of the molecule is CCNC(=O)CCNC(=O)C1CCC(C(=O)O)O1. The van der Waals surface area contributed by atoms with Crippen LogP contribution in [0, 0.1) is 0 Å². The standard InChI is InChI=1S/C11H18N2O5/c1-2-12-9(14)5-6-13-10(15)7-3-4-8(18-7)11(16)17/h7-8H,2-6H2,1H3,(H,12,14)(H,13,15)(H,16,17). The molecule has 1 heterocycles. The molecule has 102 valence electrons. The van der Waals surface area contributed by atoms with Crippen LogP contribution in [-0.4, -0.2) is 48.2 Å². The van der Waals surface area contributed by atoms with Crippen molar-refractivity contribution in [2.24, 2.45) is 0 Å². The van der Waals surface area contributed by atoms with Gasteiger partial charge in [0.05, 0.1) is 0 Å². The van der Waals surface area contributed by atoms with Crippen LogP contribution in [0.2, 0.25) is 0 Å². The largest absolute Gasteiger partial charge is 0.479 e. The summed E-state index contributed by atoms with van der Waals surface area (Å²) in [4.78, 5) is 33.3. The number of nitrogens with one attached hydrogen (secondary N) is 2. The van der Waals surface area contributed by atoms with Crippen molar-refractivity contribution in [1.29, 1.82) is 0 Å². The van der Waals surface area contributed by atoms with Gasteiger partial charge in [0.1, 0.15) is 6.10 Å². The molecule has 0 aromatic carbocycles. The molecule has 1 aliphatic rings. The summed E-state index contributed by atoms with van der Waals surface area (Å²) in [6.07, 6.45) is -0.688. The predicted octanol–water partition coefficient (Wildman–Crippen LogP) is -0.739. The van der Waals surface area contributed by atoms with E-state index in [9.17, 15) is 14.4 Å². The van der Waals surface area contributed by atoms with Crippen molar-refractivity contribution in [3.63, 3.8) is 0 Å². The van der Waals surface area contributed by atoms with Crippen LogP contribution >= 0.6 is 0 Å². The van der Waals surface area contributed by atoms with Crippen molar-refractivity contribution in [3.8, 4) is 0 Å². The Morgan fingerprint density at radius 3 is 2.44 bits per heavy atom. The van der Waals surface area contributed by atoms with E-state index in [1.807, 2.05) is 6.92 Å². The van der Waals surface area contributed by atoms with Crippen molar-refractivity contribution in [1.82, 2.24) is 10.6 Å². The van der Waals surface area contributed by atoms with Gasteiger partial charge in [0.2, 0.25) is 11.8 Å². The smallest absolute Gasteiger partial charge is 0.332 e. The van der Waals surface area contributed by atoms with Gasteiger partial charge in [0.25, 0.3) is 0 Å². The normalized spacial score (nSPS) is 22.5. The summed E-state index contributed by atoms with van der Waals surface area (Å²) in [7, 11) is 0. The first-order valence-electron chi connectivity index (χ1n) is 5.97. The van der Waals surface area contributed by atoms with Crippen molar-refractivity contribution in [2.45, 2.75) is 38.4 Å². The Hall–Kier alpha value is -1.63. The Balaban J connectivity index is 2.22. The van der Waals surface area contributed by atoms with Crippen LogP contribution in [-0.2, 0) is 19.1 Å². The van der Waals surface area contributed by atoms with E-state index in [1.165, 1.54) is 0 Å².